The first-order valence-electron chi connectivity index (χ1n) is 8.32. The number of hydrogen-bond donors (Lipinski definition) is 0. The first-order valence-corrected chi connectivity index (χ1v) is 10.6. The van der Waals surface area contributed by atoms with Crippen LogP contribution in [-0.4, -0.2) is 19.3 Å². The zero-order chi connectivity index (χ0) is 17.2. The number of aryl methyl sites for hydroxylation is 1. The summed E-state index contributed by atoms with van der Waals surface area (Å²) in [4.78, 5) is 0.365. The molecule has 3 nitrogen and oxygen atoms in total. The lowest BCUT2D eigenvalue weighted by Gasteiger charge is -2.29. The van der Waals surface area contributed by atoms with E-state index in [2.05, 4.69) is 40.2 Å². The van der Waals surface area contributed by atoms with E-state index in [1.807, 2.05) is 6.92 Å². The molecule has 0 N–H and O–H groups in total. The van der Waals surface area contributed by atoms with Crippen molar-refractivity contribution in [2.24, 2.45) is 0 Å². The third kappa shape index (κ3) is 3.73. The Balaban J connectivity index is 2.00. The molecule has 1 fully saturated rings. The van der Waals surface area contributed by atoms with Crippen LogP contribution in [0.1, 0.15) is 42.9 Å². The average Bonchev–Trinajstić information content (AvgIpc) is 2.82. The molecule has 0 aliphatic carbocycles. The quantitative estimate of drug-likeness (QED) is 0.712. The monoisotopic (exact) mass is 407 g/mol. The summed E-state index contributed by atoms with van der Waals surface area (Å²) in [5.74, 6) is 0. The summed E-state index contributed by atoms with van der Waals surface area (Å²) in [6.45, 7) is 2.63. The van der Waals surface area contributed by atoms with Crippen LogP contribution in [0.2, 0.25) is 0 Å². The highest BCUT2D eigenvalue weighted by Crippen LogP contribution is 2.35. The molecule has 128 valence electrons. The van der Waals surface area contributed by atoms with E-state index in [4.69, 9.17) is 0 Å². The van der Waals surface area contributed by atoms with Crippen molar-refractivity contribution in [2.45, 2.75) is 43.5 Å². The van der Waals surface area contributed by atoms with Gasteiger partial charge in [-0.05, 0) is 49.6 Å². The molecule has 2 aromatic rings. The number of halogens is 1. The zero-order valence-electron chi connectivity index (χ0n) is 13.8. The number of rotatable bonds is 3. The van der Waals surface area contributed by atoms with E-state index in [0.29, 0.717) is 11.4 Å². The van der Waals surface area contributed by atoms with Crippen LogP contribution in [0, 0.1) is 6.92 Å². The molecular formula is C19H22BrNO2S. The highest BCUT2D eigenvalue weighted by molar-refractivity contribution is 9.10. The Hall–Kier alpha value is -1.17. The summed E-state index contributed by atoms with van der Waals surface area (Å²) in [5, 5.41) is 0. The van der Waals surface area contributed by atoms with Crippen LogP contribution in [0.5, 0.6) is 0 Å². The highest BCUT2D eigenvalue weighted by atomic mass is 79.9. The molecule has 1 aliphatic heterocycles. The molecule has 2 aromatic carbocycles. The maximum atomic E-state index is 13.2. The van der Waals surface area contributed by atoms with Gasteiger partial charge in [0.2, 0.25) is 10.0 Å². The van der Waals surface area contributed by atoms with Crippen molar-refractivity contribution >= 4 is 26.0 Å². The first-order chi connectivity index (χ1) is 11.5. The van der Waals surface area contributed by atoms with Gasteiger partial charge in [-0.25, -0.2) is 8.42 Å². The lowest BCUT2D eigenvalue weighted by molar-refractivity contribution is 0.329. The molecule has 0 bridgehead atoms. The first kappa shape index (κ1) is 17.6. The number of hydrogen-bond acceptors (Lipinski definition) is 2. The minimum atomic E-state index is -3.50. The number of nitrogens with zero attached hydrogens (tertiary/aromatic N) is 1. The molecule has 0 radical (unpaired) electrons. The lowest BCUT2D eigenvalue weighted by Crippen LogP contribution is -2.34. The SMILES string of the molecule is Cc1ccc(C2CCCCCN2S(=O)(=O)c2ccc(Br)cc2)cc1. The van der Waals surface area contributed by atoms with Gasteiger partial charge in [0, 0.05) is 11.0 Å². The molecule has 0 spiro atoms. The van der Waals surface area contributed by atoms with Crippen LogP contribution in [0.4, 0.5) is 0 Å². The summed E-state index contributed by atoms with van der Waals surface area (Å²) < 4.78 is 29.0. The second-order valence-electron chi connectivity index (χ2n) is 6.35. The van der Waals surface area contributed by atoms with Gasteiger partial charge < -0.3 is 0 Å². The summed E-state index contributed by atoms with van der Waals surface area (Å²) in [5.41, 5.74) is 2.28. The van der Waals surface area contributed by atoms with Crippen LogP contribution < -0.4 is 0 Å². The molecule has 1 aliphatic rings. The Bertz CT molecular complexity index is 785. The molecule has 1 saturated heterocycles. The number of sulfonamides is 1. The molecule has 0 saturated carbocycles. The van der Waals surface area contributed by atoms with Crippen molar-refractivity contribution in [3.05, 3.63) is 64.1 Å². The van der Waals surface area contributed by atoms with E-state index in [9.17, 15) is 8.42 Å². The molecule has 0 amide bonds. The Labute approximate surface area is 152 Å². The molecule has 1 heterocycles. The Morgan fingerprint density at radius 1 is 0.958 bits per heavy atom. The van der Waals surface area contributed by atoms with Gasteiger partial charge in [0.25, 0.3) is 0 Å². The summed E-state index contributed by atoms with van der Waals surface area (Å²) >= 11 is 3.37. The minimum absolute atomic E-state index is 0.0817. The largest absolute Gasteiger partial charge is 0.243 e. The van der Waals surface area contributed by atoms with Gasteiger partial charge >= 0.3 is 0 Å². The Morgan fingerprint density at radius 3 is 2.29 bits per heavy atom. The number of benzene rings is 2. The van der Waals surface area contributed by atoms with Crippen molar-refractivity contribution in [1.82, 2.24) is 4.31 Å². The van der Waals surface area contributed by atoms with Crippen molar-refractivity contribution < 1.29 is 8.42 Å². The van der Waals surface area contributed by atoms with Crippen LogP contribution in [0.3, 0.4) is 0 Å². The fourth-order valence-corrected chi connectivity index (χ4v) is 5.18. The van der Waals surface area contributed by atoms with Gasteiger partial charge in [0.05, 0.1) is 10.9 Å². The standard InChI is InChI=1S/C19H22BrNO2S/c1-15-6-8-16(9-7-15)19-5-3-2-4-14-21(19)24(22,23)18-12-10-17(20)11-13-18/h6-13,19H,2-5,14H2,1H3. The predicted molar refractivity (Wildman–Crippen MR) is 100 cm³/mol. The molecule has 0 aromatic heterocycles. The molecule has 1 unspecified atom stereocenters. The van der Waals surface area contributed by atoms with Crippen LogP contribution in [0.15, 0.2) is 57.9 Å². The van der Waals surface area contributed by atoms with Gasteiger partial charge in [-0.2, -0.15) is 4.31 Å². The molecule has 1 atom stereocenters. The average molecular weight is 408 g/mol. The van der Waals surface area contributed by atoms with Crippen molar-refractivity contribution in [1.29, 1.82) is 0 Å². The van der Waals surface area contributed by atoms with Gasteiger partial charge in [-0.15, -0.1) is 0 Å². The van der Waals surface area contributed by atoms with Crippen LogP contribution in [0.25, 0.3) is 0 Å². The minimum Gasteiger partial charge on any atom is -0.207 e. The van der Waals surface area contributed by atoms with E-state index < -0.39 is 10.0 Å². The fraction of sp³-hybridized carbons (Fsp3) is 0.368. The predicted octanol–water partition coefficient (Wildman–Crippen LogP) is 5.06. The molecule has 5 heteroatoms. The van der Waals surface area contributed by atoms with E-state index in [1.165, 1.54) is 5.56 Å². The maximum absolute atomic E-state index is 13.2. The molecule has 3 rings (SSSR count). The van der Waals surface area contributed by atoms with Gasteiger partial charge in [-0.1, -0.05) is 58.6 Å². The third-order valence-corrected chi connectivity index (χ3v) is 7.04. The zero-order valence-corrected chi connectivity index (χ0v) is 16.2. The van der Waals surface area contributed by atoms with Crippen molar-refractivity contribution in [3.8, 4) is 0 Å². The van der Waals surface area contributed by atoms with E-state index in [1.54, 1.807) is 28.6 Å². The normalized spacial score (nSPS) is 19.8. The maximum Gasteiger partial charge on any atom is 0.243 e. The van der Waals surface area contributed by atoms with Crippen LogP contribution in [-0.2, 0) is 10.0 Å². The Morgan fingerprint density at radius 2 is 1.62 bits per heavy atom. The highest BCUT2D eigenvalue weighted by Gasteiger charge is 2.33. The van der Waals surface area contributed by atoms with Gasteiger partial charge in [0.1, 0.15) is 0 Å². The third-order valence-electron chi connectivity index (χ3n) is 4.59. The van der Waals surface area contributed by atoms with Crippen molar-refractivity contribution in [2.75, 3.05) is 6.54 Å². The fourth-order valence-electron chi connectivity index (χ4n) is 3.23. The molecular weight excluding hydrogens is 386 g/mol. The van der Waals surface area contributed by atoms with Crippen molar-refractivity contribution in [3.63, 3.8) is 0 Å². The lowest BCUT2D eigenvalue weighted by atomic mass is 10.0. The summed E-state index contributed by atoms with van der Waals surface area (Å²) in [6.07, 6.45) is 3.93. The van der Waals surface area contributed by atoms with Gasteiger partial charge in [-0.3, -0.25) is 0 Å². The van der Waals surface area contributed by atoms with E-state index >= 15 is 0 Å². The second-order valence-corrected chi connectivity index (χ2v) is 9.15. The molecule has 24 heavy (non-hydrogen) atoms. The summed E-state index contributed by atoms with van der Waals surface area (Å²) in [6, 6.07) is 15.1. The smallest absolute Gasteiger partial charge is 0.207 e. The topological polar surface area (TPSA) is 37.4 Å². The van der Waals surface area contributed by atoms with E-state index in [0.717, 1.165) is 35.7 Å². The van der Waals surface area contributed by atoms with E-state index in [-0.39, 0.29) is 6.04 Å². The summed E-state index contributed by atoms with van der Waals surface area (Å²) in [7, 11) is -3.50. The second kappa shape index (κ2) is 7.38. The van der Waals surface area contributed by atoms with Gasteiger partial charge in [0.15, 0.2) is 0 Å². The Kier molecular flexibility index (Phi) is 5.42. The van der Waals surface area contributed by atoms with Crippen LogP contribution >= 0.6 is 15.9 Å².